The number of hydrogen-bond donors (Lipinski definition) is 1. The largest absolute Gasteiger partial charge is 0.359 e. The number of rotatable bonds is 5. The third kappa shape index (κ3) is 3.55. The molecule has 0 saturated carbocycles. The molecule has 1 N–H and O–H groups in total. The molecule has 0 fully saturated rings. The van der Waals surface area contributed by atoms with Gasteiger partial charge in [-0.3, -0.25) is 4.79 Å². The van der Waals surface area contributed by atoms with Gasteiger partial charge in [-0.25, -0.2) is 17.1 Å². The predicted octanol–water partition coefficient (Wildman–Crippen LogP) is 1.20. The van der Waals surface area contributed by atoms with Gasteiger partial charge in [0.15, 0.2) is 0 Å². The van der Waals surface area contributed by atoms with Crippen LogP contribution in [0, 0.1) is 19.7 Å². The molecule has 0 spiro atoms. The third-order valence-corrected chi connectivity index (χ3v) is 5.19. The molecule has 1 aromatic rings. The molecule has 0 aliphatic carbocycles. The van der Waals surface area contributed by atoms with Gasteiger partial charge in [0.1, 0.15) is 5.82 Å². The second kappa shape index (κ2) is 6.32. The fourth-order valence-electron chi connectivity index (χ4n) is 1.96. The van der Waals surface area contributed by atoms with Crippen molar-refractivity contribution in [3.05, 3.63) is 29.1 Å². The Labute approximate surface area is 118 Å². The van der Waals surface area contributed by atoms with Crippen molar-refractivity contribution in [1.29, 1.82) is 0 Å². The lowest BCUT2D eigenvalue weighted by molar-refractivity contribution is -0.120. The molecule has 7 heteroatoms. The Balaban J connectivity index is 3.08. The van der Waals surface area contributed by atoms with Crippen LogP contribution in [0.1, 0.15) is 17.5 Å². The summed E-state index contributed by atoms with van der Waals surface area (Å²) in [5, 5.41) is 2.43. The van der Waals surface area contributed by atoms with E-state index in [1.165, 1.54) is 26.2 Å². The normalized spacial score (nSPS) is 11.7. The monoisotopic (exact) mass is 302 g/mol. The van der Waals surface area contributed by atoms with E-state index in [2.05, 4.69) is 5.32 Å². The van der Waals surface area contributed by atoms with E-state index in [1.807, 2.05) is 0 Å². The van der Waals surface area contributed by atoms with Crippen molar-refractivity contribution in [1.82, 2.24) is 9.62 Å². The Bertz CT molecular complexity index is 591. The SMILES string of the molecule is CNC(=O)CCN(C)S(=O)(=O)c1c(C)cc(F)cc1C. The molecule has 20 heavy (non-hydrogen) atoms. The van der Waals surface area contributed by atoms with E-state index in [9.17, 15) is 17.6 Å². The number of amides is 1. The molecule has 0 saturated heterocycles. The Kier molecular flexibility index (Phi) is 5.24. The summed E-state index contributed by atoms with van der Waals surface area (Å²) in [6.45, 7) is 3.17. The summed E-state index contributed by atoms with van der Waals surface area (Å²) in [6, 6.07) is 2.37. The molecule has 1 amide bonds. The maximum absolute atomic E-state index is 13.2. The first-order valence-corrected chi connectivity index (χ1v) is 7.57. The number of sulfonamides is 1. The van der Waals surface area contributed by atoms with Crippen molar-refractivity contribution >= 4 is 15.9 Å². The van der Waals surface area contributed by atoms with Crippen LogP contribution in [0.3, 0.4) is 0 Å². The van der Waals surface area contributed by atoms with E-state index in [-0.39, 0.29) is 23.8 Å². The Hall–Kier alpha value is -1.47. The number of hydrogen-bond acceptors (Lipinski definition) is 3. The molecule has 1 rings (SSSR count). The zero-order valence-corrected chi connectivity index (χ0v) is 12.8. The Morgan fingerprint density at radius 1 is 1.30 bits per heavy atom. The van der Waals surface area contributed by atoms with Gasteiger partial charge in [0.25, 0.3) is 0 Å². The van der Waals surface area contributed by atoms with Gasteiger partial charge in [-0.1, -0.05) is 0 Å². The Morgan fingerprint density at radius 3 is 2.25 bits per heavy atom. The van der Waals surface area contributed by atoms with E-state index in [4.69, 9.17) is 0 Å². The molecule has 0 unspecified atom stereocenters. The van der Waals surface area contributed by atoms with Crippen LogP contribution in [-0.2, 0) is 14.8 Å². The molecule has 0 heterocycles. The molecular weight excluding hydrogens is 283 g/mol. The fourth-order valence-corrected chi connectivity index (χ4v) is 3.54. The molecule has 0 aromatic heterocycles. The van der Waals surface area contributed by atoms with E-state index < -0.39 is 15.8 Å². The number of aryl methyl sites for hydroxylation is 2. The maximum atomic E-state index is 13.2. The molecule has 112 valence electrons. The fraction of sp³-hybridized carbons (Fsp3) is 0.462. The van der Waals surface area contributed by atoms with E-state index in [0.29, 0.717) is 11.1 Å². The average Bonchev–Trinajstić information content (AvgIpc) is 2.33. The number of nitrogens with zero attached hydrogens (tertiary/aromatic N) is 1. The van der Waals surface area contributed by atoms with Crippen molar-refractivity contribution in [2.75, 3.05) is 20.6 Å². The highest BCUT2D eigenvalue weighted by atomic mass is 32.2. The van der Waals surface area contributed by atoms with Crippen LogP contribution >= 0.6 is 0 Å². The quantitative estimate of drug-likeness (QED) is 0.889. The van der Waals surface area contributed by atoms with Crippen molar-refractivity contribution < 1.29 is 17.6 Å². The lowest BCUT2D eigenvalue weighted by Crippen LogP contribution is -2.32. The number of halogens is 1. The smallest absolute Gasteiger partial charge is 0.243 e. The van der Waals surface area contributed by atoms with E-state index in [0.717, 1.165) is 4.31 Å². The maximum Gasteiger partial charge on any atom is 0.243 e. The van der Waals surface area contributed by atoms with Crippen molar-refractivity contribution in [2.45, 2.75) is 25.2 Å². The predicted molar refractivity (Wildman–Crippen MR) is 74.4 cm³/mol. The topological polar surface area (TPSA) is 66.5 Å². The van der Waals surface area contributed by atoms with Gasteiger partial charge >= 0.3 is 0 Å². The summed E-state index contributed by atoms with van der Waals surface area (Å²) in [4.78, 5) is 11.3. The second-order valence-electron chi connectivity index (χ2n) is 4.62. The van der Waals surface area contributed by atoms with Crippen LogP contribution in [0.15, 0.2) is 17.0 Å². The zero-order valence-electron chi connectivity index (χ0n) is 12.0. The first-order valence-electron chi connectivity index (χ1n) is 6.13. The standard InChI is InChI=1S/C13H19FN2O3S/c1-9-7-11(14)8-10(2)13(9)20(18,19)16(4)6-5-12(17)15-3/h7-8H,5-6H2,1-4H3,(H,15,17). The van der Waals surface area contributed by atoms with Crippen LogP contribution in [0.25, 0.3) is 0 Å². The molecule has 0 aliphatic rings. The van der Waals surface area contributed by atoms with Crippen LogP contribution in [0.5, 0.6) is 0 Å². The minimum absolute atomic E-state index is 0.0677. The van der Waals surface area contributed by atoms with Crippen molar-refractivity contribution in [3.63, 3.8) is 0 Å². The van der Waals surface area contributed by atoms with Gasteiger partial charge in [-0.2, -0.15) is 0 Å². The highest BCUT2D eigenvalue weighted by Crippen LogP contribution is 2.24. The molecule has 5 nitrogen and oxygen atoms in total. The summed E-state index contributed by atoms with van der Waals surface area (Å²) in [6.07, 6.45) is 0.0749. The first-order chi connectivity index (χ1) is 9.20. The third-order valence-electron chi connectivity index (χ3n) is 3.03. The van der Waals surface area contributed by atoms with Crippen LogP contribution in [0.4, 0.5) is 4.39 Å². The lowest BCUT2D eigenvalue weighted by Gasteiger charge is -2.19. The summed E-state index contributed by atoms with van der Waals surface area (Å²) in [7, 11) is -0.840. The zero-order chi connectivity index (χ0) is 15.5. The summed E-state index contributed by atoms with van der Waals surface area (Å²) >= 11 is 0. The van der Waals surface area contributed by atoms with Crippen LogP contribution in [0.2, 0.25) is 0 Å². The number of carbonyl (C=O) groups excluding carboxylic acids is 1. The van der Waals surface area contributed by atoms with E-state index >= 15 is 0 Å². The Morgan fingerprint density at radius 2 is 1.80 bits per heavy atom. The summed E-state index contributed by atoms with van der Waals surface area (Å²) < 4.78 is 39.3. The summed E-state index contributed by atoms with van der Waals surface area (Å²) in [5.41, 5.74) is 0.712. The van der Waals surface area contributed by atoms with Gasteiger partial charge in [-0.05, 0) is 37.1 Å². The van der Waals surface area contributed by atoms with Gasteiger partial charge in [0.05, 0.1) is 4.90 Å². The minimum atomic E-state index is -3.73. The minimum Gasteiger partial charge on any atom is -0.359 e. The first kappa shape index (κ1) is 16.6. The van der Waals surface area contributed by atoms with Crippen molar-refractivity contribution in [3.8, 4) is 0 Å². The highest BCUT2D eigenvalue weighted by molar-refractivity contribution is 7.89. The molecule has 0 bridgehead atoms. The van der Waals surface area contributed by atoms with Crippen molar-refractivity contribution in [2.24, 2.45) is 0 Å². The summed E-state index contributed by atoms with van der Waals surface area (Å²) in [5.74, 6) is -0.702. The molecule has 1 aromatic carbocycles. The molecule has 0 aliphatic heterocycles. The van der Waals surface area contributed by atoms with Gasteiger partial charge in [0, 0.05) is 27.1 Å². The van der Waals surface area contributed by atoms with E-state index in [1.54, 1.807) is 13.8 Å². The number of benzene rings is 1. The van der Waals surface area contributed by atoms with Gasteiger partial charge in [0.2, 0.25) is 15.9 Å². The number of nitrogens with one attached hydrogen (secondary N) is 1. The second-order valence-corrected chi connectivity index (χ2v) is 6.60. The van der Waals surface area contributed by atoms with Crippen LogP contribution in [-0.4, -0.2) is 39.3 Å². The lowest BCUT2D eigenvalue weighted by atomic mass is 10.1. The van der Waals surface area contributed by atoms with Gasteiger partial charge in [-0.15, -0.1) is 0 Å². The number of carbonyl (C=O) groups is 1. The average molecular weight is 302 g/mol. The highest BCUT2D eigenvalue weighted by Gasteiger charge is 2.25. The molecule has 0 atom stereocenters. The molecular formula is C13H19FN2O3S. The molecule has 0 radical (unpaired) electrons. The van der Waals surface area contributed by atoms with Gasteiger partial charge < -0.3 is 5.32 Å². The van der Waals surface area contributed by atoms with Crippen LogP contribution < -0.4 is 5.32 Å².